The van der Waals surface area contributed by atoms with Crippen molar-refractivity contribution in [2.24, 2.45) is 0 Å². The first-order valence-corrected chi connectivity index (χ1v) is 7.55. The molecule has 0 saturated carbocycles. The number of hydrogen-bond donors (Lipinski definition) is 1. The zero-order chi connectivity index (χ0) is 13.2. The van der Waals surface area contributed by atoms with Gasteiger partial charge in [0.05, 0.1) is 6.10 Å². The van der Waals surface area contributed by atoms with E-state index in [1.54, 1.807) is 0 Å². The SMILES string of the molecule is CCCCCCCCCC(O)c1ccc(Cl)cc1. The minimum absolute atomic E-state index is 0.335. The average Bonchev–Trinajstić information content (AvgIpc) is 2.38. The van der Waals surface area contributed by atoms with E-state index >= 15 is 0 Å². The largest absolute Gasteiger partial charge is 0.388 e. The number of aliphatic hydroxyl groups is 1. The number of aliphatic hydroxyl groups excluding tert-OH is 1. The summed E-state index contributed by atoms with van der Waals surface area (Å²) >= 11 is 5.82. The molecule has 1 rings (SSSR count). The maximum atomic E-state index is 10.0. The third-order valence-corrected chi connectivity index (χ3v) is 3.59. The normalized spacial score (nSPS) is 12.6. The number of rotatable bonds is 9. The molecular weight excluding hydrogens is 244 g/mol. The highest BCUT2D eigenvalue weighted by Crippen LogP contribution is 2.21. The van der Waals surface area contributed by atoms with Crippen molar-refractivity contribution in [2.45, 2.75) is 64.4 Å². The summed E-state index contributed by atoms with van der Waals surface area (Å²) in [5.41, 5.74) is 0.977. The molecular formula is C16H25ClO. The topological polar surface area (TPSA) is 20.2 Å². The summed E-state index contributed by atoms with van der Waals surface area (Å²) in [6.07, 6.45) is 9.51. The smallest absolute Gasteiger partial charge is 0.0790 e. The van der Waals surface area contributed by atoms with Gasteiger partial charge in [0, 0.05) is 5.02 Å². The van der Waals surface area contributed by atoms with Crippen molar-refractivity contribution in [3.05, 3.63) is 34.9 Å². The molecule has 0 fully saturated rings. The Hall–Kier alpha value is -0.530. The Morgan fingerprint density at radius 2 is 1.50 bits per heavy atom. The highest BCUT2D eigenvalue weighted by molar-refractivity contribution is 6.30. The van der Waals surface area contributed by atoms with Crippen LogP contribution in [0, 0.1) is 0 Å². The molecule has 0 bridgehead atoms. The molecule has 1 N–H and O–H groups in total. The minimum atomic E-state index is -0.335. The first-order chi connectivity index (χ1) is 8.74. The van der Waals surface area contributed by atoms with Crippen molar-refractivity contribution in [1.29, 1.82) is 0 Å². The van der Waals surface area contributed by atoms with E-state index in [1.165, 1.54) is 38.5 Å². The number of unbranched alkanes of at least 4 members (excludes halogenated alkanes) is 6. The zero-order valence-electron chi connectivity index (χ0n) is 11.4. The molecule has 1 nitrogen and oxygen atoms in total. The van der Waals surface area contributed by atoms with Gasteiger partial charge in [-0.2, -0.15) is 0 Å². The third kappa shape index (κ3) is 6.42. The third-order valence-electron chi connectivity index (χ3n) is 3.34. The van der Waals surface area contributed by atoms with Crippen LogP contribution in [-0.2, 0) is 0 Å². The van der Waals surface area contributed by atoms with Crippen LogP contribution in [0.25, 0.3) is 0 Å². The summed E-state index contributed by atoms with van der Waals surface area (Å²) in [5, 5.41) is 10.7. The van der Waals surface area contributed by atoms with Crippen LogP contribution < -0.4 is 0 Å². The Bertz CT molecular complexity index is 307. The highest BCUT2D eigenvalue weighted by atomic mass is 35.5. The molecule has 2 heteroatoms. The van der Waals surface area contributed by atoms with Gasteiger partial charge in [-0.05, 0) is 24.1 Å². The Balaban J connectivity index is 2.10. The van der Waals surface area contributed by atoms with Crippen LogP contribution in [0.15, 0.2) is 24.3 Å². The summed E-state index contributed by atoms with van der Waals surface area (Å²) in [5.74, 6) is 0. The Morgan fingerprint density at radius 1 is 0.944 bits per heavy atom. The van der Waals surface area contributed by atoms with Gasteiger partial charge in [0.25, 0.3) is 0 Å². The molecule has 0 aliphatic carbocycles. The van der Waals surface area contributed by atoms with Gasteiger partial charge < -0.3 is 5.11 Å². The second-order valence-corrected chi connectivity index (χ2v) is 5.41. The number of halogens is 1. The molecule has 0 spiro atoms. The van der Waals surface area contributed by atoms with Crippen molar-refractivity contribution >= 4 is 11.6 Å². The standard InChI is InChI=1S/C16H25ClO/c1-2-3-4-5-6-7-8-9-16(18)14-10-12-15(17)13-11-14/h10-13,16,18H,2-9H2,1H3. The molecule has 0 amide bonds. The van der Waals surface area contributed by atoms with Gasteiger partial charge in [-0.3, -0.25) is 0 Å². The van der Waals surface area contributed by atoms with Crippen LogP contribution in [0.2, 0.25) is 5.02 Å². The molecule has 0 heterocycles. The molecule has 1 atom stereocenters. The van der Waals surface area contributed by atoms with Gasteiger partial charge in [0.15, 0.2) is 0 Å². The number of hydrogen-bond acceptors (Lipinski definition) is 1. The lowest BCUT2D eigenvalue weighted by atomic mass is 10.0. The van der Waals surface area contributed by atoms with Gasteiger partial charge in [0.1, 0.15) is 0 Å². The summed E-state index contributed by atoms with van der Waals surface area (Å²) in [6, 6.07) is 7.50. The first kappa shape index (κ1) is 15.5. The fraction of sp³-hybridized carbons (Fsp3) is 0.625. The molecule has 0 radical (unpaired) electrons. The predicted octanol–water partition coefficient (Wildman–Crippen LogP) is 5.51. The van der Waals surface area contributed by atoms with Crippen LogP contribution in [0.3, 0.4) is 0 Å². The zero-order valence-corrected chi connectivity index (χ0v) is 12.1. The van der Waals surface area contributed by atoms with Gasteiger partial charge >= 0.3 is 0 Å². The van der Waals surface area contributed by atoms with Gasteiger partial charge in [0.2, 0.25) is 0 Å². The molecule has 0 aromatic heterocycles. The van der Waals surface area contributed by atoms with Gasteiger partial charge in [-0.25, -0.2) is 0 Å². The molecule has 0 aliphatic heterocycles. The fourth-order valence-electron chi connectivity index (χ4n) is 2.15. The molecule has 18 heavy (non-hydrogen) atoms. The second kappa shape index (κ2) is 9.41. The predicted molar refractivity (Wildman–Crippen MR) is 79.0 cm³/mol. The van der Waals surface area contributed by atoms with Crippen LogP contribution in [-0.4, -0.2) is 5.11 Å². The molecule has 1 aromatic rings. The van der Waals surface area contributed by atoms with E-state index in [0.717, 1.165) is 23.4 Å². The Kier molecular flexibility index (Phi) is 8.11. The Labute approximate surface area is 116 Å². The van der Waals surface area contributed by atoms with E-state index < -0.39 is 0 Å². The van der Waals surface area contributed by atoms with Crippen LogP contribution in [0.4, 0.5) is 0 Å². The Morgan fingerprint density at radius 3 is 2.11 bits per heavy atom. The second-order valence-electron chi connectivity index (χ2n) is 4.98. The lowest BCUT2D eigenvalue weighted by Crippen LogP contribution is -1.97. The van der Waals surface area contributed by atoms with Crippen molar-refractivity contribution in [2.75, 3.05) is 0 Å². The average molecular weight is 269 g/mol. The summed E-state index contributed by atoms with van der Waals surface area (Å²) in [6.45, 7) is 2.24. The van der Waals surface area contributed by atoms with Gasteiger partial charge in [-0.1, -0.05) is 75.6 Å². The van der Waals surface area contributed by atoms with E-state index in [0.29, 0.717) is 0 Å². The maximum absolute atomic E-state index is 10.0. The summed E-state index contributed by atoms with van der Waals surface area (Å²) in [7, 11) is 0. The first-order valence-electron chi connectivity index (χ1n) is 7.17. The number of benzene rings is 1. The van der Waals surface area contributed by atoms with Crippen LogP contribution >= 0.6 is 11.6 Å². The van der Waals surface area contributed by atoms with Gasteiger partial charge in [-0.15, -0.1) is 0 Å². The quantitative estimate of drug-likeness (QED) is 0.585. The monoisotopic (exact) mass is 268 g/mol. The van der Waals surface area contributed by atoms with E-state index in [9.17, 15) is 5.11 Å². The maximum Gasteiger partial charge on any atom is 0.0790 e. The minimum Gasteiger partial charge on any atom is -0.388 e. The van der Waals surface area contributed by atoms with Crippen LogP contribution in [0.1, 0.15) is 70.0 Å². The lowest BCUT2D eigenvalue weighted by molar-refractivity contribution is 0.163. The van der Waals surface area contributed by atoms with E-state index in [1.807, 2.05) is 24.3 Å². The fourth-order valence-corrected chi connectivity index (χ4v) is 2.27. The highest BCUT2D eigenvalue weighted by Gasteiger charge is 2.06. The molecule has 1 unspecified atom stereocenters. The lowest BCUT2D eigenvalue weighted by Gasteiger charge is -2.10. The van der Waals surface area contributed by atoms with Crippen molar-refractivity contribution in [3.63, 3.8) is 0 Å². The van der Waals surface area contributed by atoms with E-state index in [-0.39, 0.29) is 6.10 Å². The van der Waals surface area contributed by atoms with E-state index in [2.05, 4.69) is 6.92 Å². The van der Waals surface area contributed by atoms with Crippen molar-refractivity contribution in [3.8, 4) is 0 Å². The molecule has 0 aliphatic rings. The van der Waals surface area contributed by atoms with Crippen molar-refractivity contribution < 1.29 is 5.11 Å². The van der Waals surface area contributed by atoms with Crippen LogP contribution in [0.5, 0.6) is 0 Å². The molecule has 0 saturated heterocycles. The summed E-state index contributed by atoms with van der Waals surface area (Å²) < 4.78 is 0. The molecule has 1 aromatic carbocycles. The molecule has 102 valence electrons. The van der Waals surface area contributed by atoms with Crippen molar-refractivity contribution in [1.82, 2.24) is 0 Å². The van der Waals surface area contributed by atoms with E-state index in [4.69, 9.17) is 11.6 Å². The summed E-state index contributed by atoms with van der Waals surface area (Å²) in [4.78, 5) is 0.